The third-order valence-corrected chi connectivity index (χ3v) is 4.99. The van der Waals surface area contributed by atoms with Crippen LogP contribution in [0.2, 0.25) is 0 Å². The first kappa shape index (κ1) is 18.1. The Hall–Kier alpha value is -3.28. The van der Waals surface area contributed by atoms with Gasteiger partial charge in [0.25, 0.3) is 5.91 Å². The second-order valence-electron chi connectivity index (χ2n) is 6.97. The SMILES string of the molecule is Cc1cc(C(=O)N2CCNC(=O)[C@@H]2Cc2ccccc2)c2ccc(F)cc2n1. The lowest BCUT2D eigenvalue weighted by Gasteiger charge is -2.35. The summed E-state index contributed by atoms with van der Waals surface area (Å²) in [6.45, 7) is 2.60. The summed E-state index contributed by atoms with van der Waals surface area (Å²) in [6.07, 6.45) is 0.440. The van der Waals surface area contributed by atoms with E-state index in [4.69, 9.17) is 0 Å². The van der Waals surface area contributed by atoms with E-state index < -0.39 is 11.9 Å². The van der Waals surface area contributed by atoms with Crippen molar-refractivity contribution in [3.8, 4) is 0 Å². The fraction of sp³-hybridized carbons (Fsp3) is 0.227. The summed E-state index contributed by atoms with van der Waals surface area (Å²) in [4.78, 5) is 31.9. The van der Waals surface area contributed by atoms with Crippen molar-refractivity contribution in [1.82, 2.24) is 15.2 Å². The molecule has 6 heteroatoms. The van der Waals surface area contributed by atoms with Gasteiger partial charge in [-0.1, -0.05) is 30.3 Å². The van der Waals surface area contributed by atoms with Crippen LogP contribution in [-0.4, -0.2) is 40.8 Å². The van der Waals surface area contributed by atoms with E-state index in [2.05, 4.69) is 10.3 Å². The molecule has 1 atom stereocenters. The number of aromatic nitrogens is 1. The highest BCUT2D eigenvalue weighted by molar-refractivity contribution is 6.07. The molecule has 2 heterocycles. The minimum absolute atomic E-state index is 0.162. The van der Waals surface area contributed by atoms with Crippen molar-refractivity contribution in [2.75, 3.05) is 13.1 Å². The van der Waals surface area contributed by atoms with Crippen LogP contribution in [0.25, 0.3) is 10.9 Å². The topological polar surface area (TPSA) is 62.3 Å². The molecule has 1 aliphatic heterocycles. The van der Waals surface area contributed by atoms with Gasteiger partial charge in [0.2, 0.25) is 5.91 Å². The fourth-order valence-corrected chi connectivity index (χ4v) is 3.66. The third-order valence-electron chi connectivity index (χ3n) is 4.99. The van der Waals surface area contributed by atoms with E-state index in [1.54, 1.807) is 24.0 Å². The molecule has 1 fully saturated rings. The number of carbonyl (C=O) groups is 2. The van der Waals surface area contributed by atoms with Gasteiger partial charge in [0.05, 0.1) is 11.1 Å². The van der Waals surface area contributed by atoms with Crippen molar-refractivity contribution >= 4 is 22.7 Å². The summed E-state index contributed by atoms with van der Waals surface area (Å²) < 4.78 is 13.6. The Bertz CT molecular complexity index is 1050. The number of pyridine rings is 1. The normalized spacial score (nSPS) is 16.9. The maximum atomic E-state index is 13.6. The van der Waals surface area contributed by atoms with Crippen molar-refractivity contribution < 1.29 is 14.0 Å². The number of hydrogen-bond donors (Lipinski definition) is 1. The lowest BCUT2D eigenvalue weighted by Crippen LogP contribution is -2.58. The number of fused-ring (bicyclic) bond motifs is 1. The Balaban J connectivity index is 1.73. The van der Waals surface area contributed by atoms with E-state index in [0.29, 0.717) is 41.7 Å². The number of nitrogens with one attached hydrogen (secondary N) is 1. The second-order valence-corrected chi connectivity index (χ2v) is 6.97. The van der Waals surface area contributed by atoms with Gasteiger partial charge in [0.1, 0.15) is 11.9 Å². The molecular weight excluding hydrogens is 357 g/mol. The highest BCUT2D eigenvalue weighted by Gasteiger charge is 2.34. The fourth-order valence-electron chi connectivity index (χ4n) is 3.66. The summed E-state index contributed by atoms with van der Waals surface area (Å²) >= 11 is 0. The van der Waals surface area contributed by atoms with Gasteiger partial charge in [0.15, 0.2) is 0 Å². The van der Waals surface area contributed by atoms with Gasteiger partial charge in [0, 0.05) is 36.7 Å². The number of benzene rings is 2. The van der Waals surface area contributed by atoms with Crippen molar-refractivity contribution in [3.63, 3.8) is 0 Å². The van der Waals surface area contributed by atoms with Crippen LogP contribution in [0.3, 0.4) is 0 Å². The van der Waals surface area contributed by atoms with Gasteiger partial charge in [-0.3, -0.25) is 14.6 Å². The third kappa shape index (κ3) is 3.45. The van der Waals surface area contributed by atoms with Crippen LogP contribution in [-0.2, 0) is 11.2 Å². The first-order chi connectivity index (χ1) is 13.5. The van der Waals surface area contributed by atoms with Crippen LogP contribution in [0.15, 0.2) is 54.6 Å². The molecule has 2 amide bonds. The Morgan fingerprint density at radius 3 is 2.79 bits per heavy atom. The molecule has 1 N–H and O–H groups in total. The highest BCUT2D eigenvalue weighted by Crippen LogP contribution is 2.23. The van der Waals surface area contributed by atoms with Crippen LogP contribution in [0, 0.1) is 12.7 Å². The van der Waals surface area contributed by atoms with Gasteiger partial charge in [-0.25, -0.2) is 4.39 Å². The summed E-state index contributed by atoms with van der Waals surface area (Å²) in [5.74, 6) is -0.800. The number of piperazine rings is 1. The molecule has 3 aromatic rings. The minimum atomic E-state index is -0.590. The van der Waals surface area contributed by atoms with E-state index in [1.165, 1.54) is 12.1 Å². The zero-order valence-corrected chi connectivity index (χ0v) is 15.5. The standard InChI is InChI=1S/C22H20FN3O2/c1-14-11-18(17-8-7-16(23)13-19(17)25-14)22(28)26-10-9-24-21(27)20(26)12-15-5-3-2-4-6-15/h2-8,11,13,20H,9-10,12H2,1H3,(H,24,27)/t20-/m0/s1. The zero-order valence-electron chi connectivity index (χ0n) is 15.5. The molecule has 2 aromatic carbocycles. The highest BCUT2D eigenvalue weighted by atomic mass is 19.1. The smallest absolute Gasteiger partial charge is 0.255 e. The summed E-state index contributed by atoms with van der Waals surface area (Å²) in [6, 6.07) is 15.0. The van der Waals surface area contributed by atoms with E-state index in [9.17, 15) is 14.0 Å². The zero-order chi connectivity index (χ0) is 19.7. The van der Waals surface area contributed by atoms with Crippen molar-refractivity contribution in [2.24, 2.45) is 0 Å². The number of rotatable bonds is 3. The molecule has 142 valence electrons. The Morgan fingerprint density at radius 1 is 1.21 bits per heavy atom. The van der Waals surface area contributed by atoms with E-state index in [1.807, 2.05) is 30.3 Å². The molecular formula is C22H20FN3O2. The van der Waals surface area contributed by atoms with E-state index >= 15 is 0 Å². The molecule has 0 bridgehead atoms. The molecule has 5 nitrogen and oxygen atoms in total. The van der Waals surface area contributed by atoms with Crippen LogP contribution >= 0.6 is 0 Å². The quantitative estimate of drug-likeness (QED) is 0.764. The van der Waals surface area contributed by atoms with Gasteiger partial charge in [-0.05, 0) is 30.7 Å². The number of amides is 2. The monoisotopic (exact) mass is 377 g/mol. The number of nitrogens with zero attached hydrogens (tertiary/aromatic N) is 2. The first-order valence-electron chi connectivity index (χ1n) is 9.22. The Labute approximate surface area is 162 Å². The molecule has 0 saturated carbocycles. The predicted octanol–water partition coefficient (Wildman–Crippen LogP) is 2.87. The lowest BCUT2D eigenvalue weighted by molar-refractivity contribution is -0.127. The molecule has 1 aromatic heterocycles. The largest absolute Gasteiger partial charge is 0.353 e. The van der Waals surface area contributed by atoms with Crippen LogP contribution < -0.4 is 5.32 Å². The van der Waals surface area contributed by atoms with Gasteiger partial charge >= 0.3 is 0 Å². The van der Waals surface area contributed by atoms with Crippen molar-refractivity contribution in [2.45, 2.75) is 19.4 Å². The molecule has 0 aliphatic carbocycles. The van der Waals surface area contributed by atoms with Crippen LogP contribution in [0.4, 0.5) is 4.39 Å². The molecule has 1 aliphatic rings. The number of hydrogen-bond acceptors (Lipinski definition) is 3. The Morgan fingerprint density at radius 2 is 2.00 bits per heavy atom. The molecule has 0 unspecified atom stereocenters. The average molecular weight is 377 g/mol. The van der Waals surface area contributed by atoms with Gasteiger partial charge < -0.3 is 10.2 Å². The van der Waals surface area contributed by atoms with Gasteiger partial charge in [-0.15, -0.1) is 0 Å². The number of halogens is 1. The maximum Gasteiger partial charge on any atom is 0.255 e. The second kappa shape index (κ2) is 7.38. The molecule has 4 rings (SSSR count). The number of carbonyl (C=O) groups excluding carboxylic acids is 2. The maximum absolute atomic E-state index is 13.6. The molecule has 28 heavy (non-hydrogen) atoms. The molecule has 0 spiro atoms. The Kier molecular flexibility index (Phi) is 4.77. The lowest BCUT2D eigenvalue weighted by atomic mass is 9.99. The minimum Gasteiger partial charge on any atom is -0.353 e. The molecule has 0 radical (unpaired) electrons. The predicted molar refractivity (Wildman–Crippen MR) is 104 cm³/mol. The van der Waals surface area contributed by atoms with Crippen molar-refractivity contribution in [3.05, 3.63) is 77.2 Å². The average Bonchev–Trinajstić information content (AvgIpc) is 2.69. The van der Waals surface area contributed by atoms with Crippen LogP contribution in [0.5, 0.6) is 0 Å². The van der Waals surface area contributed by atoms with E-state index in [0.717, 1.165) is 5.56 Å². The number of aryl methyl sites for hydroxylation is 1. The molecule has 1 saturated heterocycles. The first-order valence-corrected chi connectivity index (χ1v) is 9.22. The van der Waals surface area contributed by atoms with E-state index in [-0.39, 0.29) is 11.8 Å². The van der Waals surface area contributed by atoms with Gasteiger partial charge in [-0.2, -0.15) is 0 Å². The van der Waals surface area contributed by atoms with Crippen molar-refractivity contribution in [1.29, 1.82) is 0 Å². The summed E-state index contributed by atoms with van der Waals surface area (Å²) in [7, 11) is 0. The summed E-state index contributed by atoms with van der Waals surface area (Å²) in [5, 5.41) is 3.43. The van der Waals surface area contributed by atoms with Crippen LogP contribution in [0.1, 0.15) is 21.6 Å². The summed E-state index contributed by atoms with van der Waals surface area (Å²) in [5.41, 5.74) is 2.49.